The number of nitrogens with one attached hydrogen (secondary N) is 1. The maximum Gasteiger partial charge on any atom is 0.321 e. The van der Waals surface area contributed by atoms with Gasteiger partial charge in [-0.1, -0.05) is 42.5 Å². The maximum atomic E-state index is 12.0. The summed E-state index contributed by atoms with van der Waals surface area (Å²) in [6, 6.07) is 16.1. The quantitative estimate of drug-likeness (QED) is 0.829. The van der Waals surface area contributed by atoms with Crippen molar-refractivity contribution in [3.8, 4) is 5.75 Å². The van der Waals surface area contributed by atoms with Crippen molar-refractivity contribution < 1.29 is 9.90 Å². The Kier molecular flexibility index (Phi) is 4.03. The molecule has 2 aromatic carbocycles. The molecule has 0 bridgehead atoms. The second kappa shape index (κ2) is 5.91. The molecule has 0 aromatic heterocycles. The molecule has 19 heavy (non-hydrogen) atoms. The van der Waals surface area contributed by atoms with Crippen molar-refractivity contribution in [3.63, 3.8) is 0 Å². The summed E-state index contributed by atoms with van der Waals surface area (Å²) in [5.74, 6) is 0.0592. The van der Waals surface area contributed by atoms with Gasteiger partial charge in [0, 0.05) is 13.6 Å². The van der Waals surface area contributed by atoms with Gasteiger partial charge in [-0.15, -0.1) is 0 Å². The van der Waals surface area contributed by atoms with Crippen molar-refractivity contribution in [2.75, 3.05) is 12.4 Å². The third-order valence-corrected chi connectivity index (χ3v) is 2.75. The molecule has 0 atom stereocenters. The summed E-state index contributed by atoms with van der Waals surface area (Å²) in [5.41, 5.74) is 1.46. The molecule has 0 heterocycles. The Morgan fingerprint density at radius 1 is 1.11 bits per heavy atom. The van der Waals surface area contributed by atoms with Gasteiger partial charge < -0.3 is 15.3 Å². The first-order chi connectivity index (χ1) is 9.16. The summed E-state index contributed by atoms with van der Waals surface area (Å²) in [7, 11) is 1.71. The van der Waals surface area contributed by atoms with E-state index in [1.165, 1.54) is 6.07 Å². The zero-order valence-electron chi connectivity index (χ0n) is 10.7. The van der Waals surface area contributed by atoms with E-state index in [0.717, 1.165) is 5.56 Å². The van der Waals surface area contributed by atoms with E-state index in [2.05, 4.69) is 5.32 Å². The number of aromatic hydroxyl groups is 1. The first-order valence-electron chi connectivity index (χ1n) is 6.01. The number of phenols is 1. The summed E-state index contributed by atoms with van der Waals surface area (Å²) in [6.07, 6.45) is 0. The van der Waals surface area contributed by atoms with Gasteiger partial charge in [-0.05, 0) is 17.7 Å². The smallest absolute Gasteiger partial charge is 0.321 e. The minimum Gasteiger partial charge on any atom is -0.506 e. The third kappa shape index (κ3) is 3.48. The van der Waals surface area contributed by atoms with Gasteiger partial charge in [0.05, 0.1) is 5.69 Å². The number of amides is 2. The van der Waals surface area contributed by atoms with Crippen LogP contribution in [0.15, 0.2) is 54.6 Å². The van der Waals surface area contributed by atoms with Crippen molar-refractivity contribution in [2.24, 2.45) is 0 Å². The number of carbonyl (C=O) groups excluding carboxylic acids is 1. The fraction of sp³-hybridized carbons (Fsp3) is 0.133. The largest absolute Gasteiger partial charge is 0.506 e. The molecule has 0 aliphatic carbocycles. The molecule has 2 rings (SSSR count). The van der Waals surface area contributed by atoms with Gasteiger partial charge in [-0.3, -0.25) is 0 Å². The molecular formula is C15H16N2O2. The number of hydrogen-bond acceptors (Lipinski definition) is 2. The van der Waals surface area contributed by atoms with E-state index in [9.17, 15) is 9.90 Å². The minimum atomic E-state index is -0.259. The lowest BCUT2D eigenvalue weighted by atomic mass is 10.2. The molecule has 0 saturated carbocycles. The Morgan fingerprint density at radius 3 is 2.42 bits per heavy atom. The average Bonchev–Trinajstić information content (AvgIpc) is 2.42. The second-order valence-electron chi connectivity index (χ2n) is 4.29. The first-order valence-corrected chi connectivity index (χ1v) is 6.01. The highest BCUT2D eigenvalue weighted by Crippen LogP contribution is 2.21. The summed E-state index contributed by atoms with van der Waals surface area (Å²) in [4.78, 5) is 13.5. The highest BCUT2D eigenvalue weighted by atomic mass is 16.3. The fourth-order valence-corrected chi connectivity index (χ4v) is 1.72. The van der Waals surface area contributed by atoms with Crippen molar-refractivity contribution in [3.05, 3.63) is 60.2 Å². The van der Waals surface area contributed by atoms with Gasteiger partial charge in [-0.25, -0.2) is 4.79 Å². The lowest BCUT2D eigenvalue weighted by Gasteiger charge is -2.18. The number of nitrogens with zero attached hydrogens (tertiary/aromatic N) is 1. The van der Waals surface area contributed by atoms with Gasteiger partial charge in [0.2, 0.25) is 0 Å². The average molecular weight is 256 g/mol. The minimum absolute atomic E-state index is 0.0592. The molecule has 0 spiro atoms. The van der Waals surface area contributed by atoms with Crippen LogP contribution in [0.25, 0.3) is 0 Å². The van der Waals surface area contributed by atoms with E-state index in [-0.39, 0.29) is 11.8 Å². The van der Waals surface area contributed by atoms with Crippen molar-refractivity contribution in [1.29, 1.82) is 0 Å². The summed E-state index contributed by atoms with van der Waals surface area (Å²) >= 11 is 0. The molecule has 98 valence electrons. The van der Waals surface area contributed by atoms with Gasteiger partial charge >= 0.3 is 6.03 Å². The van der Waals surface area contributed by atoms with E-state index in [0.29, 0.717) is 12.2 Å². The van der Waals surface area contributed by atoms with Gasteiger partial charge in [0.1, 0.15) is 5.75 Å². The number of urea groups is 1. The molecule has 0 unspecified atom stereocenters. The predicted molar refractivity (Wildman–Crippen MR) is 75.0 cm³/mol. The van der Waals surface area contributed by atoms with E-state index in [1.54, 1.807) is 30.1 Å². The molecule has 4 nitrogen and oxygen atoms in total. The zero-order chi connectivity index (χ0) is 13.7. The van der Waals surface area contributed by atoms with Crippen molar-refractivity contribution >= 4 is 11.7 Å². The molecule has 2 aromatic rings. The molecule has 0 aliphatic rings. The van der Waals surface area contributed by atoms with Crippen LogP contribution in [0.2, 0.25) is 0 Å². The Balaban J connectivity index is 1.99. The molecule has 4 heteroatoms. The van der Waals surface area contributed by atoms with Crippen LogP contribution in [-0.2, 0) is 6.54 Å². The fourth-order valence-electron chi connectivity index (χ4n) is 1.72. The van der Waals surface area contributed by atoms with Gasteiger partial charge in [0.15, 0.2) is 0 Å². The van der Waals surface area contributed by atoms with Crippen LogP contribution >= 0.6 is 0 Å². The van der Waals surface area contributed by atoms with Crippen LogP contribution in [0, 0.1) is 0 Å². The number of benzene rings is 2. The van der Waals surface area contributed by atoms with E-state index < -0.39 is 0 Å². The SMILES string of the molecule is CN(Cc1ccccc1)C(=O)Nc1ccccc1O. The van der Waals surface area contributed by atoms with Crippen molar-refractivity contribution in [1.82, 2.24) is 4.90 Å². The van der Waals surface area contributed by atoms with Crippen LogP contribution < -0.4 is 5.32 Å². The molecule has 0 fully saturated rings. The molecule has 0 saturated heterocycles. The third-order valence-electron chi connectivity index (χ3n) is 2.75. The van der Waals surface area contributed by atoms with Crippen LogP contribution in [0.4, 0.5) is 10.5 Å². The number of hydrogen-bond donors (Lipinski definition) is 2. The summed E-state index contributed by atoms with van der Waals surface area (Å²) in [5, 5.41) is 12.3. The lowest BCUT2D eigenvalue weighted by molar-refractivity contribution is 0.220. The lowest BCUT2D eigenvalue weighted by Crippen LogP contribution is -2.30. The number of carbonyl (C=O) groups is 1. The van der Waals surface area contributed by atoms with Crippen LogP contribution in [-0.4, -0.2) is 23.1 Å². The van der Waals surface area contributed by atoms with Crippen molar-refractivity contribution in [2.45, 2.75) is 6.54 Å². The van der Waals surface area contributed by atoms with Crippen LogP contribution in [0.5, 0.6) is 5.75 Å². The standard InChI is InChI=1S/C15H16N2O2/c1-17(11-12-7-3-2-4-8-12)15(19)16-13-9-5-6-10-14(13)18/h2-10,18H,11H2,1H3,(H,16,19). The highest BCUT2D eigenvalue weighted by Gasteiger charge is 2.10. The second-order valence-corrected chi connectivity index (χ2v) is 4.29. The van der Waals surface area contributed by atoms with Crippen LogP contribution in [0.1, 0.15) is 5.56 Å². The molecule has 0 aliphatic heterocycles. The Morgan fingerprint density at radius 2 is 1.74 bits per heavy atom. The predicted octanol–water partition coefficient (Wildman–Crippen LogP) is 3.06. The Labute approximate surface area is 112 Å². The van der Waals surface area contributed by atoms with Crippen LogP contribution in [0.3, 0.4) is 0 Å². The first kappa shape index (κ1) is 13.0. The van der Waals surface area contributed by atoms with Gasteiger partial charge in [0.25, 0.3) is 0 Å². The maximum absolute atomic E-state index is 12.0. The van der Waals surface area contributed by atoms with E-state index in [4.69, 9.17) is 0 Å². The molecule has 2 N–H and O–H groups in total. The van der Waals surface area contributed by atoms with Gasteiger partial charge in [-0.2, -0.15) is 0 Å². The zero-order valence-corrected chi connectivity index (χ0v) is 10.7. The number of anilines is 1. The number of rotatable bonds is 3. The Bertz CT molecular complexity index is 555. The van der Waals surface area contributed by atoms with E-state index >= 15 is 0 Å². The monoisotopic (exact) mass is 256 g/mol. The number of phenolic OH excluding ortho intramolecular Hbond substituents is 1. The summed E-state index contributed by atoms with van der Waals surface area (Å²) < 4.78 is 0. The number of para-hydroxylation sites is 2. The topological polar surface area (TPSA) is 52.6 Å². The normalized spacial score (nSPS) is 9.95. The Hall–Kier alpha value is -2.49. The molecule has 0 radical (unpaired) electrons. The molecule has 2 amide bonds. The highest BCUT2D eigenvalue weighted by molar-refractivity contribution is 5.90. The van der Waals surface area contributed by atoms with E-state index in [1.807, 2.05) is 30.3 Å². The molecular weight excluding hydrogens is 240 g/mol. The summed E-state index contributed by atoms with van der Waals surface area (Å²) in [6.45, 7) is 0.514.